The molecule has 0 bridgehead atoms. The number of carboxylic acid groups (broad SMARTS) is 1. The number of carbonyl (C=O) groups is 1. The third kappa shape index (κ3) is 2.88. The van der Waals surface area contributed by atoms with Crippen molar-refractivity contribution in [3.63, 3.8) is 0 Å². The Kier molecular flexibility index (Phi) is 3.97. The van der Waals surface area contributed by atoms with E-state index in [2.05, 4.69) is 9.71 Å². The number of hydrogen-bond acceptors (Lipinski definition) is 4. The molecule has 1 heterocycles. The van der Waals surface area contributed by atoms with Crippen LogP contribution in [-0.4, -0.2) is 30.0 Å². The molecule has 0 radical (unpaired) electrons. The minimum atomic E-state index is -3.97. The highest BCUT2D eigenvalue weighted by Crippen LogP contribution is 2.23. The number of aliphatic carboxylic acids is 1. The molecular formula is C14H16N2O4S. The van der Waals surface area contributed by atoms with E-state index in [1.807, 2.05) is 0 Å². The number of nitrogens with one attached hydrogen (secondary N) is 1. The Labute approximate surface area is 122 Å². The maximum atomic E-state index is 12.5. The zero-order valence-electron chi connectivity index (χ0n) is 11.7. The van der Waals surface area contributed by atoms with Crippen LogP contribution < -0.4 is 4.72 Å². The lowest BCUT2D eigenvalue weighted by Gasteiger charge is -2.24. The van der Waals surface area contributed by atoms with Crippen LogP contribution in [0.5, 0.6) is 0 Å². The first-order valence-corrected chi connectivity index (χ1v) is 7.89. The van der Waals surface area contributed by atoms with Gasteiger partial charge in [-0.1, -0.05) is 13.0 Å². The number of sulfonamides is 1. The predicted octanol–water partition coefficient (Wildman–Crippen LogP) is 1.77. The molecule has 112 valence electrons. The average Bonchev–Trinajstić information content (AvgIpc) is 2.45. The second-order valence-corrected chi connectivity index (χ2v) is 6.57. The molecule has 0 aliphatic heterocycles. The fraction of sp³-hybridized carbons (Fsp3) is 0.286. The average molecular weight is 308 g/mol. The van der Waals surface area contributed by atoms with Crippen LogP contribution in [0.3, 0.4) is 0 Å². The standard InChI is InChI=1S/C14H16N2O4S/c1-3-14(2,13(17)18)16-21(19,20)12-8-4-7-11-10(12)6-5-9-15-11/h4-9,16H,3H2,1-2H3,(H,17,18). The van der Waals surface area contributed by atoms with E-state index in [1.54, 1.807) is 37.4 Å². The van der Waals surface area contributed by atoms with Crippen LogP contribution in [0.25, 0.3) is 10.9 Å². The molecule has 6 nitrogen and oxygen atoms in total. The maximum absolute atomic E-state index is 12.5. The molecule has 2 rings (SSSR count). The molecule has 0 amide bonds. The molecule has 1 aromatic heterocycles. The summed E-state index contributed by atoms with van der Waals surface area (Å²) < 4.78 is 27.3. The van der Waals surface area contributed by atoms with Gasteiger partial charge in [-0.25, -0.2) is 8.42 Å². The van der Waals surface area contributed by atoms with Gasteiger partial charge in [0, 0.05) is 11.6 Å². The van der Waals surface area contributed by atoms with E-state index in [0.717, 1.165) is 0 Å². The summed E-state index contributed by atoms with van der Waals surface area (Å²) in [6, 6.07) is 7.99. The first kappa shape index (κ1) is 15.4. The number of benzene rings is 1. The van der Waals surface area contributed by atoms with Crippen LogP contribution in [0, 0.1) is 0 Å². The first-order chi connectivity index (χ1) is 9.80. The fourth-order valence-corrected chi connectivity index (χ4v) is 3.58. The summed E-state index contributed by atoms with van der Waals surface area (Å²) in [5.41, 5.74) is -1.02. The lowest BCUT2D eigenvalue weighted by Crippen LogP contribution is -2.51. The van der Waals surface area contributed by atoms with Crippen molar-refractivity contribution >= 4 is 26.9 Å². The number of hydrogen-bond donors (Lipinski definition) is 2. The van der Waals surface area contributed by atoms with Gasteiger partial charge in [0.05, 0.1) is 10.4 Å². The largest absolute Gasteiger partial charge is 0.480 e. The number of rotatable bonds is 5. The highest BCUT2D eigenvalue weighted by atomic mass is 32.2. The molecule has 0 aliphatic carbocycles. The minimum absolute atomic E-state index is 0.0222. The molecule has 2 aromatic rings. The highest BCUT2D eigenvalue weighted by Gasteiger charge is 2.36. The van der Waals surface area contributed by atoms with Crippen molar-refractivity contribution in [2.75, 3.05) is 0 Å². The van der Waals surface area contributed by atoms with Crippen LogP contribution in [0.4, 0.5) is 0 Å². The van der Waals surface area contributed by atoms with Crippen molar-refractivity contribution in [1.29, 1.82) is 0 Å². The van der Waals surface area contributed by atoms with Gasteiger partial charge in [-0.15, -0.1) is 0 Å². The minimum Gasteiger partial charge on any atom is -0.480 e. The fourth-order valence-electron chi connectivity index (χ4n) is 1.93. The van der Waals surface area contributed by atoms with Crippen molar-refractivity contribution < 1.29 is 18.3 Å². The molecule has 0 fully saturated rings. The van der Waals surface area contributed by atoms with Crippen LogP contribution in [0.2, 0.25) is 0 Å². The SMILES string of the molecule is CCC(C)(NS(=O)(=O)c1cccc2ncccc12)C(=O)O. The second kappa shape index (κ2) is 5.42. The Morgan fingerprint density at radius 1 is 1.33 bits per heavy atom. The molecule has 0 saturated heterocycles. The summed E-state index contributed by atoms with van der Waals surface area (Å²) in [4.78, 5) is 15.4. The van der Waals surface area contributed by atoms with Gasteiger partial charge >= 0.3 is 5.97 Å². The van der Waals surface area contributed by atoms with Gasteiger partial charge in [-0.05, 0) is 37.6 Å². The van der Waals surface area contributed by atoms with E-state index in [4.69, 9.17) is 0 Å². The molecule has 2 N–H and O–H groups in total. The van der Waals surface area contributed by atoms with Crippen molar-refractivity contribution in [3.05, 3.63) is 36.5 Å². The van der Waals surface area contributed by atoms with Gasteiger partial charge in [0.2, 0.25) is 10.0 Å². The molecule has 1 atom stereocenters. The smallest absolute Gasteiger partial charge is 0.324 e. The predicted molar refractivity (Wildman–Crippen MR) is 78.4 cm³/mol. The van der Waals surface area contributed by atoms with Crippen molar-refractivity contribution in [3.8, 4) is 0 Å². The van der Waals surface area contributed by atoms with Gasteiger partial charge in [-0.2, -0.15) is 4.72 Å². The van der Waals surface area contributed by atoms with Crippen molar-refractivity contribution in [2.45, 2.75) is 30.7 Å². The normalized spacial score (nSPS) is 14.8. The van der Waals surface area contributed by atoms with Crippen LogP contribution >= 0.6 is 0 Å². The Balaban J connectivity index is 2.55. The number of nitrogens with zero attached hydrogens (tertiary/aromatic N) is 1. The number of fused-ring (bicyclic) bond motifs is 1. The molecule has 1 aromatic carbocycles. The molecule has 1 unspecified atom stereocenters. The molecule has 7 heteroatoms. The summed E-state index contributed by atoms with van der Waals surface area (Å²) in [5.74, 6) is -1.22. The molecule has 0 saturated carbocycles. The zero-order chi connectivity index (χ0) is 15.7. The summed E-state index contributed by atoms with van der Waals surface area (Å²) in [6.45, 7) is 2.96. The lowest BCUT2D eigenvalue weighted by molar-refractivity contribution is -0.143. The Morgan fingerprint density at radius 3 is 2.67 bits per heavy atom. The summed E-state index contributed by atoms with van der Waals surface area (Å²) >= 11 is 0. The van der Waals surface area contributed by atoms with E-state index in [9.17, 15) is 18.3 Å². The van der Waals surface area contributed by atoms with Crippen LogP contribution in [-0.2, 0) is 14.8 Å². The van der Waals surface area contributed by atoms with Gasteiger partial charge in [0.1, 0.15) is 5.54 Å². The highest BCUT2D eigenvalue weighted by molar-refractivity contribution is 7.89. The third-order valence-corrected chi connectivity index (χ3v) is 5.09. The van der Waals surface area contributed by atoms with Gasteiger partial charge in [0.15, 0.2) is 0 Å². The summed E-state index contributed by atoms with van der Waals surface area (Å²) in [6.07, 6.45) is 1.70. The van der Waals surface area contributed by atoms with Crippen LogP contribution in [0.1, 0.15) is 20.3 Å². The molecular weight excluding hydrogens is 292 g/mol. The summed E-state index contributed by atoms with van der Waals surface area (Å²) in [7, 11) is -3.97. The maximum Gasteiger partial charge on any atom is 0.324 e. The molecule has 21 heavy (non-hydrogen) atoms. The number of carboxylic acids is 1. The van der Waals surface area contributed by atoms with E-state index in [0.29, 0.717) is 10.9 Å². The Morgan fingerprint density at radius 2 is 2.05 bits per heavy atom. The van der Waals surface area contributed by atoms with Crippen LogP contribution in [0.15, 0.2) is 41.4 Å². The Bertz CT molecular complexity index is 783. The van der Waals surface area contributed by atoms with E-state index in [1.165, 1.54) is 13.0 Å². The van der Waals surface area contributed by atoms with E-state index >= 15 is 0 Å². The topological polar surface area (TPSA) is 96.4 Å². The Hall–Kier alpha value is -1.99. The third-order valence-electron chi connectivity index (χ3n) is 3.43. The zero-order valence-corrected chi connectivity index (χ0v) is 12.5. The van der Waals surface area contributed by atoms with Gasteiger partial charge in [-0.3, -0.25) is 9.78 Å². The van der Waals surface area contributed by atoms with E-state index in [-0.39, 0.29) is 11.3 Å². The van der Waals surface area contributed by atoms with Gasteiger partial charge in [0.25, 0.3) is 0 Å². The molecule has 0 aliphatic rings. The molecule has 0 spiro atoms. The van der Waals surface area contributed by atoms with Crippen molar-refractivity contribution in [2.24, 2.45) is 0 Å². The van der Waals surface area contributed by atoms with Crippen molar-refractivity contribution in [1.82, 2.24) is 9.71 Å². The van der Waals surface area contributed by atoms with Gasteiger partial charge < -0.3 is 5.11 Å². The first-order valence-electron chi connectivity index (χ1n) is 6.41. The number of pyridine rings is 1. The monoisotopic (exact) mass is 308 g/mol. The van der Waals surface area contributed by atoms with E-state index < -0.39 is 21.5 Å². The lowest BCUT2D eigenvalue weighted by atomic mass is 10.0. The quantitative estimate of drug-likeness (QED) is 0.877. The number of aromatic nitrogens is 1. The second-order valence-electron chi connectivity index (χ2n) is 4.92. The summed E-state index contributed by atoms with van der Waals surface area (Å²) in [5, 5.41) is 9.67.